The van der Waals surface area contributed by atoms with E-state index in [2.05, 4.69) is 11.0 Å². The molecule has 140 valence electrons. The van der Waals surface area contributed by atoms with Crippen LogP contribution in [0.5, 0.6) is 0 Å². The molecule has 1 amide bonds. The first-order chi connectivity index (χ1) is 12.1. The Labute approximate surface area is 150 Å². The van der Waals surface area contributed by atoms with Crippen LogP contribution in [0.25, 0.3) is 0 Å². The summed E-state index contributed by atoms with van der Waals surface area (Å²) in [7, 11) is 3.37. The molecular weight excluding hydrogens is 320 g/mol. The van der Waals surface area contributed by atoms with Gasteiger partial charge in [0, 0.05) is 32.7 Å². The highest BCUT2D eigenvalue weighted by Crippen LogP contribution is 2.45. The summed E-state index contributed by atoms with van der Waals surface area (Å²) in [4.78, 5) is 17.2. The van der Waals surface area contributed by atoms with Crippen molar-refractivity contribution in [2.24, 2.45) is 11.3 Å². The van der Waals surface area contributed by atoms with Gasteiger partial charge >= 0.3 is 0 Å². The van der Waals surface area contributed by atoms with Gasteiger partial charge in [0.2, 0.25) is 5.91 Å². The lowest BCUT2D eigenvalue weighted by atomic mass is 9.71. The van der Waals surface area contributed by atoms with Crippen LogP contribution in [-0.4, -0.2) is 69.3 Å². The van der Waals surface area contributed by atoms with Gasteiger partial charge in [-0.2, -0.15) is 0 Å². The highest BCUT2D eigenvalue weighted by Gasteiger charge is 2.52. The summed E-state index contributed by atoms with van der Waals surface area (Å²) in [5.41, 5.74) is 0.0381. The maximum Gasteiger partial charge on any atom is 0.228 e. The molecule has 2 aliphatic rings. The zero-order valence-electron chi connectivity index (χ0n) is 15.6. The van der Waals surface area contributed by atoms with Crippen molar-refractivity contribution in [1.29, 1.82) is 0 Å². The van der Waals surface area contributed by atoms with E-state index in [4.69, 9.17) is 13.9 Å². The molecule has 0 N–H and O–H groups in total. The number of piperidine rings is 1. The number of ether oxygens (including phenoxy) is 2. The predicted octanol–water partition coefficient (Wildman–Crippen LogP) is 1.92. The monoisotopic (exact) mass is 350 g/mol. The molecule has 3 heterocycles. The summed E-state index contributed by atoms with van der Waals surface area (Å²) < 4.78 is 16.3. The number of carbonyl (C=O) groups is 1. The second kappa shape index (κ2) is 7.89. The number of amides is 1. The van der Waals surface area contributed by atoms with Crippen LogP contribution in [0.3, 0.4) is 0 Å². The molecule has 2 fully saturated rings. The van der Waals surface area contributed by atoms with Gasteiger partial charge in [0.15, 0.2) is 0 Å². The van der Waals surface area contributed by atoms with E-state index in [1.807, 2.05) is 17.9 Å². The lowest BCUT2D eigenvalue weighted by Gasteiger charge is -2.41. The first-order valence-corrected chi connectivity index (χ1v) is 9.12. The summed E-state index contributed by atoms with van der Waals surface area (Å²) in [5.74, 6) is 2.18. The molecule has 0 unspecified atom stereocenters. The van der Waals surface area contributed by atoms with Crippen molar-refractivity contribution < 1.29 is 18.7 Å². The lowest BCUT2D eigenvalue weighted by molar-refractivity contribution is -0.134. The highest BCUT2D eigenvalue weighted by molar-refractivity contribution is 5.82. The van der Waals surface area contributed by atoms with E-state index in [0.717, 1.165) is 50.5 Å². The molecule has 6 heteroatoms. The fraction of sp³-hybridized carbons (Fsp3) is 0.737. The van der Waals surface area contributed by atoms with Crippen molar-refractivity contribution in [2.45, 2.75) is 26.3 Å². The lowest BCUT2D eigenvalue weighted by Crippen LogP contribution is -2.45. The number of carbonyl (C=O) groups excluding carboxylic acids is 1. The second-order valence-electron chi connectivity index (χ2n) is 7.41. The molecule has 2 saturated heterocycles. The average molecular weight is 350 g/mol. The molecule has 1 atom stereocenters. The average Bonchev–Trinajstić information content (AvgIpc) is 3.12. The van der Waals surface area contributed by atoms with Crippen molar-refractivity contribution in [2.75, 3.05) is 53.6 Å². The fourth-order valence-corrected chi connectivity index (χ4v) is 4.31. The fourth-order valence-electron chi connectivity index (χ4n) is 4.31. The smallest absolute Gasteiger partial charge is 0.228 e. The first-order valence-electron chi connectivity index (χ1n) is 9.12. The third-order valence-electron chi connectivity index (χ3n) is 5.78. The van der Waals surface area contributed by atoms with E-state index >= 15 is 0 Å². The zero-order chi connectivity index (χ0) is 17.9. The Hall–Kier alpha value is -1.37. The molecule has 0 aliphatic carbocycles. The van der Waals surface area contributed by atoms with Crippen LogP contribution < -0.4 is 0 Å². The quantitative estimate of drug-likeness (QED) is 0.752. The van der Waals surface area contributed by atoms with E-state index in [1.165, 1.54) is 0 Å². The van der Waals surface area contributed by atoms with Crippen LogP contribution in [0.15, 0.2) is 16.5 Å². The van der Waals surface area contributed by atoms with Gasteiger partial charge in [-0.25, -0.2) is 0 Å². The van der Waals surface area contributed by atoms with Crippen LogP contribution >= 0.6 is 0 Å². The van der Waals surface area contributed by atoms with Gasteiger partial charge in [-0.15, -0.1) is 0 Å². The summed E-state index contributed by atoms with van der Waals surface area (Å²) >= 11 is 0. The maximum absolute atomic E-state index is 12.8. The van der Waals surface area contributed by atoms with Crippen LogP contribution in [-0.2, 0) is 20.8 Å². The van der Waals surface area contributed by atoms with Gasteiger partial charge in [-0.3, -0.25) is 9.69 Å². The summed E-state index contributed by atoms with van der Waals surface area (Å²) in [6.07, 6.45) is 2.05. The summed E-state index contributed by atoms with van der Waals surface area (Å²) in [6, 6.07) is 4.07. The Morgan fingerprint density at radius 3 is 2.60 bits per heavy atom. The highest BCUT2D eigenvalue weighted by atomic mass is 16.5. The van der Waals surface area contributed by atoms with E-state index in [-0.39, 0.29) is 17.2 Å². The number of methoxy groups -OCH3 is 2. The van der Waals surface area contributed by atoms with E-state index in [0.29, 0.717) is 19.8 Å². The number of nitrogens with zero attached hydrogens (tertiary/aromatic N) is 2. The Kier molecular flexibility index (Phi) is 5.81. The number of aryl methyl sites for hydroxylation is 1. The summed E-state index contributed by atoms with van der Waals surface area (Å²) in [5, 5.41) is 0. The van der Waals surface area contributed by atoms with Gasteiger partial charge in [0.1, 0.15) is 11.5 Å². The number of hydrogen-bond donors (Lipinski definition) is 0. The van der Waals surface area contributed by atoms with Gasteiger partial charge in [0.05, 0.1) is 25.7 Å². The molecule has 1 aromatic rings. The van der Waals surface area contributed by atoms with Gasteiger partial charge < -0.3 is 18.8 Å². The van der Waals surface area contributed by atoms with E-state index in [1.54, 1.807) is 14.2 Å². The molecular formula is C19H30N2O4. The number of hydrogen-bond acceptors (Lipinski definition) is 5. The summed E-state index contributed by atoms with van der Waals surface area (Å²) in [6.45, 7) is 7.41. The molecule has 6 nitrogen and oxygen atoms in total. The van der Waals surface area contributed by atoms with Crippen LogP contribution in [0.1, 0.15) is 24.4 Å². The maximum atomic E-state index is 12.8. The molecule has 1 spiro atoms. The van der Waals surface area contributed by atoms with E-state index in [9.17, 15) is 4.79 Å². The molecule has 25 heavy (non-hydrogen) atoms. The third kappa shape index (κ3) is 3.91. The van der Waals surface area contributed by atoms with Crippen LogP contribution in [0, 0.1) is 18.3 Å². The minimum absolute atomic E-state index is 0.0256. The van der Waals surface area contributed by atoms with Crippen molar-refractivity contribution in [3.05, 3.63) is 23.7 Å². The van der Waals surface area contributed by atoms with Gasteiger partial charge in [-0.1, -0.05) is 0 Å². The van der Waals surface area contributed by atoms with Crippen LogP contribution in [0.4, 0.5) is 0 Å². The number of rotatable bonds is 7. The van der Waals surface area contributed by atoms with Gasteiger partial charge in [-0.05, 0) is 45.0 Å². The minimum Gasteiger partial charge on any atom is -0.465 e. The van der Waals surface area contributed by atoms with Crippen molar-refractivity contribution >= 4 is 5.91 Å². The van der Waals surface area contributed by atoms with Crippen molar-refractivity contribution in [3.8, 4) is 0 Å². The second-order valence-corrected chi connectivity index (χ2v) is 7.41. The Morgan fingerprint density at radius 2 is 2.00 bits per heavy atom. The van der Waals surface area contributed by atoms with Gasteiger partial charge in [0.25, 0.3) is 0 Å². The zero-order valence-corrected chi connectivity index (χ0v) is 15.6. The Morgan fingerprint density at radius 1 is 1.24 bits per heavy atom. The predicted molar refractivity (Wildman–Crippen MR) is 94.2 cm³/mol. The topological polar surface area (TPSA) is 55.1 Å². The molecule has 0 saturated carbocycles. The van der Waals surface area contributed by atoms with Crippen LogP contribution in [0.2, 0.25) is 0 Å². The SMILES string of the molecule is COCCN1CC2(CCN(Cc3ccc(C)o3)CC2)[C@H](COC)C1=O. The molecule has 0 radical (unpaired) electrons. The van der Waals surface area contributed by atoms with Crippen molar-refractivity contribution in [1.82, 2.24) is 9.80 Å². The normalized spacial score (nSPS) is 23.7. The molecule has 1 aromatic heterocycles. The van der Waals surface area contributed by atoms with E-state index < -0.39 is 0 Å². The molecule has 3 rings (SSSR count). The molecule has 0 bridgehead atoms. The Bertz CT molecular complexity index is 578. The third-order valence-corrected chi connectivity index (χ3v) is 5.78. The molecule has 2 aliphatic heterocycles. The standard InChI is InChI=1S/C19H30N2O4/c1-15-4-5-16(25-15)12-20-8-6-19(7-9-20)14-21(10-11-23-2)18(22)17(19)13-24-3/h4-5,17H,6-14H2,1-3H3/t17-/m1/s1. The minimum atomic E-state index is -0.0256. The largest absolute Gasteiger partial charge is 0.465 e. The van der Waals surface area contributed by atoms with Crippen molar-refractivity contribution in [3.63, 3.8) is 0 Å². The number of likely N-dealkylation sites (tertiary alicyclic amines) is 2. The first kappa shape index (κ1) is 18.4. The molecule has 0 aromatic carbocycles. The Balaban J connectivity index is 1.63. The number of furan rings is 1.